The van der Waals surface area contributed by atoms with Crippen molar-refractivity contribution >= 4 is 46.9 Å². The van der Waals surface area contributed by atoms with Crippen molar-refractivity contribution in [3.8, 4) is 0 Å². The number of halogens is 3. The molecular weight excluding hydrogens is 573 g/mol. The molecule has 1 saturated heterocycles. The van der Waals surface area contributed by atoms with Crippen LogP contribution in [0.5, 0.6) is 0 Å². The Morgan fingerprint density at radius 1 is 0.886 bits per heavy atom. The Morgan fingerprint density at radius 2 is 1.66 bits per heavy atom. The molecule has 0 bridgehead atoms. The molecule has 44 heavy (non-hydrogen) atoms. The summed E-state index contributed by atoms with van der Waals surface area (Å²) in [5.41, 5.74) is 2.42. The molecule has 0 spiro atoms. The molecule has 2 aliphatic rings. The molecular formula is C31H33F3N8O2. The maximum atomic E-state index is 13.1. The summed E-state index contributed by atoms with van der Waals surface area (Å²) in [5, 5.41) is 11.5. The summed E-state index contributed by atoms with van der Waals surface area (Å²) in [6.45, 7) is 5.71. The predicted molar refractivity (Wildman–Crippen MR) is 167 cm³/mol. The fourth-order valence-corrected chi connectivity index (χ4v) is 4.85. The first-order chi connectivity index (χ1) is 21.0. The number of aryl methyl sites for hydroxylation is 1. The highest BCUT2D eigenvalue weighted by Crippen LogP contribution is 2.30. The molecule has 2 heterocycles. The molecule has 0 radical (unpaired) electrons. The summed E-state index contributed by atoms with van der Waals surface area (Å²) in [6, 6.07) is 16.6. The number of urea groups is 1. The van der Waals surface area contributed by atoms with E-state index in [4.69, 9.17) is 0 Å². The molecule has 13 heteroatoms. The molecule has 1 unspecified atom stereocenters. The van der Waals surface area contributed by atoms with Crippen LogP contribution in [-0.2, 0) is 6.18 Å². The van der Waals surface area contributed by atoms with Crippen LogP contribution in [0, 0.1) is 6.92 Å². The number of amides is 3. The summed E-state index contributed by atoms with van der Waals surface area (Å²) in [5.74, 6) is -0.296. The Morgan fingerprint density at radius 3 is 2.43 bits per heavy atom. The van der Waals surface area contributed by atoms with Gasteiger partial charge < -0.3 is 25.8 Å². The third-order valence-corrected chi connectivity index (χ3v) is 7.35. The van der Waals surface area contributed by atoms with Crippen molar-refractivity contribution in [1.29, 1.82) is 0 Å². The average Bonchev–Trinajstić information content (AvgIpc) is 2.99. The normalized spacial score (nSPS) is 17.1. The summed E-state index contributed by atoms with van der Waals surface area (Å²) in [4.78, 5) is 38.7. The zero-order valence-corrected chi connectivity index (χ0v) is 24.3. The number of alkyl halides is 3. The largest absolute Gasteiger partial charge is 0.416 e. The quantitative estimate of drug-likeness (QED) is 0.300. The Kier molecular flexibility index (Phi) is 9.14. The number of anilines is 4. The maximum absolute atomic E-state index is 13.1. The number of carbonyl (C=O) groups excluding carboxylic acids is 2. The van der Waals surface area contributed by atoms with Gasteiger partial charge in [-0.1, -0.05) is 18.2 Å². The van der Waals surface area contributed by atoms with E-state index in [9.17, 15) is 22.8 Å². The van der Waals surface area contributed by atoms with E-state index in [0.717, 1.165) is 49.7 Å². The molecule has 1 fully saturated rings. The summed E-state index contributed by atoms with van der Waals surface area (Å²) in [6.07, 6.45) is -3.16. The fraction of sp³-hybridized carbons (Fsp3) is 0.290. The number of hydrogen-bond acceptors (Lipinski definition) is 7. The molecule has 2 aliphatic heterocycles. The Labute approximate surface area is 253 Å². The number of nitrogens with one attached hydrogen (secondary N) is 4. The van der Waals surface area contributed by atoms with Crippen molar-refractivity contribution in [3.05, 3.63) is 83.4 Å². The van der Waals surface area contributed by atoms with Crippen LogP contribution in [0.4, 0.5) is 40.7 Å². The molecule has 4 N–H and O–H groups in total. The second-order valence-corrected chi connectivity index (χ2v) is 10.7. The van der Waals surface area contributed by atoms with Gasteiger partial charge in [0.05, 0.1) is 5.56 Å². The highest BCUT2D eigenvalue weighted by molar-refractivity contribution is 6.07. The van der Waals surface area contributed by atoms with Crippen molar-refractivity contribution in [2.75, 3.05) is 54.1 Å². The Hall–Kier alpha value is -4.91. The van der Waals surface area contributed by atoms with Crippen molar-refractivity contribution < 1.29 is 22.8 Å². The third-order valence-electron chi connectivity index (χ3n) is 7.35. The first-order valence-corrected chi connectivity index (χ1v) is 14.1. The number of rotatable bonds is 6. The van der Waals surface area contributed by atoms with E-state index in [2.05, 4.69) is 60.2 Å². The molecule has 0 saturated carbocycles. The van der Waals surface area contributed by atoms with E-state index in [-0.39, 0.29) is 11.7 Å². The van der Waals surface area contributed by atoms with Crippen LogP contribution in [0.15, 0.2) is 76.7 Å². The topological polar surface area (TPSA) is 113 Å². The van der Waals surface area contributed by atoms with Gasteiger partial charge in [0.2, 0.25) is 0 Å². The lowest BCUT2D eigenvalue weighted by molar-refractivity contribution is -0.137. The number of nitrogens with zero attached hydrogens (tertiary/aromatic N) is 4. The third kappa shape index (κ3) is 7.92. The highest BCUT2D eigenvalue weighted by atomic mass is 19.4. The molecule has 10 nitrogen and oxygen atoms in total. The fourth-order valence-electron chi connectivity index (χ4n) is 4.85. The smallest absolute Gasteiger partial charge is 0.369 e. The van der Waals surface area contributed by atoms with Gasteiger partial charge in [0, 0.05) is 60.9 Å². The van der Waals surface area contributed by atoms with Crippen molar-refractivity contribution in [2.45, 2.75) is 25.7 Å². The lowest BCUT2D eigenvalue weighted by Gasteiger charge is -2.34. The predicted octanol–water partition coefficient (Wildman–Crippen LogP) is 5.41. The van der Waals surface area contributed by atoms with Gasteiger partial charge in [0.1, 0.15) is 18.3 Å². The second kappa shape index (κ2) is 13.2. The van der Waals surface area contributed by atoms with Crippen molar-refractivity contribution in [1.82, 2.24) is 10.2 Å². The number of piperazine rings is 1. The number of amidine groups is 1. The van der Waals surface area contributed by atoms with Crippen molar-refractivity contribution in [2.24, 2.45) is 9.98 Å². The monoisotopic (exact) mass is 606 g/mol. The lowest BCUT2D eigenvalue weighted by Crippen LogP contribution is -2.44. The van der Waals surface area contributed by atoms with Gasteiger partial charge in [-0.2, -0.15) is 13.2 Å². The number of aliphatic imine (C=N–C) groups is 2. The van der Waals surface area contributed by atoms with Crippen molar-refractivity contribution in [3.63, 3.8) is 0 Å². The van der Waals surface area contributed by atoms with Gasteiger partial charge in [-0.15, -0.1) is 0 Å². The van der Waals surface area contributed by atoms with Crippen LogP contribution in [0.3, 0.4) is 0 Å². The standard InChI is InChI=1S/C31H33F3N8O2/c1-20-9-10-24(38-29(43)21-5-3-6-22(15-21)31(32,33)34)17-26(20)39-30(44)40-28-18-27(35-19-36-28)37-23-7-4-8-25(16-23)42-13-11-41(2)12-14-42/h3-10,15-17,19,27,37H,11-14,18H2,1-2H3,(H,38,43)(H2,35,36,39,40,44). The number of likely N-dealkylation sites (N-methyl/N-ethyl adjacent to an activating group) is 1. The summed E-state index contributed by atoms with van der Waals surface area (Å²) < 4.78 is 39.2. The van der Waals surface area contributed by atoms with Gasteiger partial charge in [0.25, 0.3) is 5.91 Å². The Balaban J connectivity index is 1.16. The summed E-state index contributed by atoms with van der Waals surface area (Å²) >= 11 is 0. The molecule has 3 amide bonds. The Bertz CT molecular complexity index is 1580. The van der Waals surface area contributed by atoms with Crippen LogP contribution in [0.2, 0.25) is 0 Å². The molecule has 5 rings (SSSR count). The minimum atomic E-state index is -4.56. The molecule has 0 aromatic heterocycles. The zero-order chi connectivity index (χ0) is 31.3. The van der Waals surface area contributed by atoms with Gasteiger partial charge in [-0.25, -0.2) is 14.8 Å². The van der Waals surface area contributed by atoms with E-state index in [1.165, 1.54) is 24.5 Å². The molecule has 3 aromatic rings. The lowest BCUT2D eigenvalue weighted by atomic mass is 10.1. The number of hydrogen-bond donors (Lipinski definition) is 4. The van der Waals surface area contributed by atoms with Gasteiger partial charge in [-0.05, 0) is 68.1 Å². The molecule has 230 valence electrons. The first-order valence-electron chi connectivity index (χ1n) is 14.1. The van der Waals surface area contributed by atoms with Crippen LogP contribution in [0.25, 0.3) is 0 Å². The van der Waals surface area contributed by atoms with E-state index in [1.807, 2.05) is 12.1 Å². The van der Waals surface area contributed by atoms with E-state index < -0.39 is 23.7 Å². The number of carbonyl (C=O) groups is 2. The van der Waals surface area contributed by atoms with Crippen LogP contribution < -0.4 is 26.2 Å². The van der Waals surface area contributed by atoms with Gasteiger partial charge >= 0.3 is 12.2 Å². The number of benzene rings is 3. The minimum Gasteiger partial charge on any atom is -0.369 e. The van der Waals surface area contributed by atoms with Crippen LogP contribution >= 0.6 is 0 Å². The van der Waals surface area contributed by atoms with E-state index in [1.54, 1.807) is 19.1 Å². The van der Waals surface area contributed by atoms with Crippen LogP contribution in [-0.4, -0.2) is 68.4 Å². The van der Waals surface area contributed by atoms with Gasteiger partial charge in [0.15, 0.2) is 0 Å². The second-order valence-electron chi connectivity index (χ2n) is 10.7. The molecule has 1 atom stereocenters. The van der Waals surface area contributed by atoms with E-state index >= 15 is 0 Å². The van der Waals surface area contributed by atoms with Gasteiger partial charge in [-0.3, -0.25) is 10.1 Å². The van der Waals surface area contributed by atoms with Crippen LogP contribution in [0.1, 0.15) is 27.9 Å². The van der Waals surface area contributed by atoms with E-state index in [0.29, 0.717) is 29.2 Å². The first kappa shape index (κ1) is 30.5. The molecule has 0 aliphatic carbocycles. The average molecular weight is 607 g/mol. The zero-order valence-electron chi connectivity index (χ0n) is 24.3. The SMILES string of the molecule is Cc1ccc(NC(=O)c2cccc(C(F)(F)F)c2)cc1NC(=O)NC1=NC=NC(Nc2cccc(N3CCN(C)CC3)c2)C1. The highest BCUT2D eigenvalue weighted by Gasteiger charge is 2.31. The minimum absolute atomic E-state index is 0.140. The summed E-state index contributed by atoms with van der Waals surface area (Å²) in [7, 11) is 2.12. The molecule has 3 aromatic carbocycles. The maximum Gasteiger partial charge on any atom is 0.416 e.